The lowest BCUT2D eigenvalue weighted by Crippen LogP contribution is -2.63. The van der Waals surface area contributed by atoms with Gasteiger partial charge in [0, 0.05) is 5.54 Å². The van der Waals surface area contributed by atoms with Crippen molar-refractivity contribution in [2.24, 2.45) is 0 Å². The van der Waals surface area contributed by atoms with Gasteiger partial charge in [-0.05, 0) is 59.5 Å². The molecule has 1 fully saturated rings. The average molecular weight is 239 g/mol. The third-order valence-electron chi connectivity index (χ3n) is 3.79. The highest BCUT2D eigenvalue weighted by atomic mass is 16.6. The summed E-state index contributed by atoms with van der Waals surface area (Å²) >= 11 is 0. The Hall–Kier alpha value is -0.540. The van der Waals surface area contributed by atoms with Crippen molar-refractivity contribution in [2.45, 2.75) is 77.4 Å². The SMILES string of the molecule is CC1=CO[C@](C)([C@@H]2NC(C)(C)C[C@@H](C)O2)CC1. The summed E-state index contributed by atoms with van der Waals surface area (Å²) < 4.78 is 11.9. The van der Waals surface area contributed by atoms with E-state index in [0.29, 0.717) is 0 Å². The molecular formula is C14H25NO2. The van der Waals surface area contributed by atoms with E-state index < -0.39 is 0 Å². The van der Waals surface area contributed by atoms with Crippen molar-refractivity contribution in [2.75, 3.05) is 0 Å². The van der Waals surface area contributed by atoms with Crippen molar-refractivity contribution >= 4 is 0 Å². The number of hydrogen-bond acceptors (Lipinski definition) is 3. The second-order valence-electron chi connectivity index (χ2n) is 6.45. The van der Waals surface area contributed by atoms with E-state index >= 15 is 0 Å². The molecule has 2 aliphatic heterocycles. The summed E-state index contributed by atoms with van der Waals surface area (Å²) in [6, 6.07) is 0. The highest BCUT2D eigenvalue weighted by Crippen LogP contribution is 2.34. The molecule has 0 radical (unpaired) electrons. The Balaban J connectivity index is 2.11. The third kappa shape index (κ3) is 2.83. The number of hydrogen-bond donors (Lipinski definition) is 1. The molecule has 1 saturated heterocycles. The van der Waals surface area contributed by atoms with Gasteiger partial charge in [0.15, 0.2) is 0 Å². The van der Waals surface area contributed by atoms with Gasteiger partial charge < -0.3 is 9.47 Å². The molecule has 0 aliphatic carbocycles. The lowest BCUT2D eigenvalue weighted by atomic mass is 9.88. The first-order valence-electron chi connectivity index (χ1n) is 6.57. The smallest absolute Gasteiger partial charge is 0.148 e. The molecule has 0 unspecified atom stereocenters. The van der Waals surface area contributed by atoms with E-state index in [2.05, 4.69) is 39.9 Å². The lowest BCUT2D eigenvalue weighted by molar-refractivity contribution is -0.183. The Kier molecular flexibility index (Phi) is 3.25. The molecule has 3 heteroatoms. The minimum atomic E-state index is -0.245. The molecule has 2 rings (SSSR count). The van der Waals surface area contributed by atoms with Crippen molar-refractivity contribution in [1.82, 2.24) is 5.32 Å². The molecule has 2 aliphatic rings. The predicted molar refractivity (Wildman–Crippen MR) is 68.6 cm³/mol. The fourth-order valence-electron chi connectivity index (χ4n) is 2.73. The average Bonchev–Trinajstić information content (AvgIpc) is 2.20. The van der Waals surface area contributed by atoms with E-state index in [4.69, 9.17) is 9.47 Å². The lowest BCUT2D eigenvalue weighted by Gasteiger charge is -2.48. The van der Waals surface area contributed by atoms with Gasteiger partial charge in [-0.1, -0.05) is 0 Å². The summed E-state index contributed by atoms with van der Waals surface area (Å²) in [6.07, 6.45) is 5.28. The van der Waals surface area contributed by atoms with E-state index in [-0.39, 0.29) is 23.5 Å². The molecule has 0 aromatic rings. The van der Waals surface area contributed by atoms with E-state index in [1.807, 2.05) is 6.26 Å². The molecule has 0 spiro atoms. The van der Waals surface area contributed by atoms with Crippen molar-refractivity contribution < 1.29 is 9.47 Å². The van der Waals surface area contributed by atoms with Crippen molar-refractivity contribution in [3.8, 4) is 0 Å². The van der Waals surface area contributed by atoms with Crippen molar-refractivity contribution in [1.29, 1.82) is 0 Å². The van der Waals surface area contributed by atoms with E-state index in [9.17, 15) is 0 Å². The first kappa shape index (κ1) is 12.9. The Morgan fingerprint density at radius 1 is 1.35 bits per heavy atom. The van der Waals surface area contributed by atoms with Crippen LogP contribution >= 0.6 is 0 Å². The van der Waals surface area contributed by atoms with Crippen molar-refractivity contribution in [3.63, 3.8) is 0 Å². The van der Waals surface area contributed by atoms with E-state index in [0.717, 1.165) is 19.3 Å². The Morgan fingerprint density at radius 2 is 2.06 bits per heavy atom. The summed E-state index contributed by atoms with van der Waals surface area (Å²) in [4.78, 5) is 0. The minimum absolute atomic E-state index is 0.0226. The van der Waals surface area contributed by atoms with Crippen LogP contribution in [0.1, 0.15) is 53.9 Å². The fraction of sp³-hybridized carbons (Fsp3) is 0.857. The molecule has 17 heavy (non-hydrogen) atoms. The van der Waals surface area contributed by atoms with Crippen LogP contribution in [0, 0.1) is 0 Å². The van der Waals surface area contributed by atoms with Crippen LogP contribution < -0.4 is 5.32 Å². The highest BCUT2D eigenvalue weighted by Gasteiger charge is 2.44. The van der Waals surface area contributed by atoms with Crippen LogP contribution in [0.3, 0.4) is 0 Å². The minimum Gasteiger partial charge on any atom is -0.491 e. The maximum atomic E-state index is 6.03. The summed E-state index contributed by atoms with van der Waals surface area (Å²) in [5, 5.41) is 3.57. The first-order chi connectivity index (χ1) is 7.81. The summed E-state index contributed by atoms with van der Waals surface area (Å²) in [7, 11) is 0. The fourth-order valence-corrected chi connectivity index (χ4v) is 2.73. The van der Waals surface area contributed by atoms with Gasteiger partial charge in [-0.25, -0.2) is 0 Å². The largest absolute Gasteiger partial charge is 0.491 e. The van der Waals surface area contributed by atoms with E-state index in [1.54, 1.807) is 0 Å². The summed E-state index contributed by atoms with van der Waals surface area (Å²) in [6.45, 7) is 10.9. The Morgan fingerprint density at radius 3 is 2.59 bits per heavy atom. The molecule has 98 valence electrons. The van der Waals surface area contributed by atoms with Crippen LogP contribution in [0.2, 0.25) is 0 Å². The number of rotatable bonds is 1. The molecule has 3 atom stereocenters. The quantitative estimate of drug-likeness (QED) is 0.763. The van der Waals surface area contributed by atoms with Crippen LogP contribution in [0.15, 0.2) is 11.8 Å². The molecule has 2 heterocycles. The zero-order chi connectivity index (χ0) is 12.7. The standard InChI is InChI=1S/C14H25NO2/c1-10-6-7-14(5,16-9-10)12-15-13(3,4)8-11(2)17-12/h9,11-12,15H,6-8H2,1-5H3/t11-,12-,14+/m1/s1. The first-order valence-corrected chi connectivity index (χ1v) is 6.57. The van der Waals surface area contributed by atoms with Gasteiger partial charge in [-0.2, -0.15) is 0 Å². The normalized spacial score (nSPS) is 41.6. The van der Waals surface area contributed by atoms with Gasteiger partial charge in [-0.15, -0.1) is 0 Å². The van der Waals surface area contributed by atoms with Gasteiger partial charge in [0.1, 0.15) is 11.8 Å². The predicted octanol–water partition coefficient (Wildman–Crippen LogP) is 2.96. The molecule has 1 N–H and O–H groups in total. The second kappa shape index (κ2) is 4.29. The van der Waals surface area contributed by atoms with Gasteiger partial charge >= 0.3 is 0 Å². The van der Waals surface area contributed by atoms with Crippen LogP contribution in [-0.4, -0.2) is 23.5 Å². The molecule has 0 aromatic carbocycles. The number of ether oxygens (including phenoxy) is 2. The molecule has 3 nitrogen and oxygen atoms in total. The molecule has 0 bridgehead atoms. The molecule has 0 saturated carbocycles. The number of allylic oxidation sites excluding steroid dienone is 1. The van der Waals surface area contributed by atoms with Crippen LogP contribution in [0.25, 0.3) is 0 Å². The van der Waals surface area contributed by atoms with Crippen LogP contribution in [0.5, 0.6) is 0 Å². The highest BCUT2D eigenvalue weighted by molar-refractivity contribution is 5.04. The molecular weight excluding hydrogens is 214 g/mol. The topological polar surface area (TPSA) is 30.5 Å². The maximum absolute atomic E-state index is 6.03. The van der Waals surface area contributed by atoms with E-state index in [1.165, 1.54) is 5.57 Å². The van der Waals surface area contributed by atoms with Gasteiger partial charge in [-0.3, -0.25) is 5.32 Å². The van der Waals surface area contributed by atoms with Gasteiger partial charge in [0.2, 0.25) is 0 Å². The molecule has 0 aromatic heterocycles. The van der Waals surface area contributed by atoms with Crippen LogP contribution in [0.4, 0.5) is 0 Å². The monoisotopic (exact) mass is 239 g/mol. The zero-order valence-corrected chi connectivity index (χ0v) is 11.7. The second-order valence-corrected chi connectivity index (χ2v) is 6.45. The summed E-state index contributed by atoms with van der Waals surface area (Å²) in [5.74, 6) is 0. The Bertz CT molecular complexity index is 324. The van der Waals surface area contributed by atoms with Crippen LogP contribution in [-0.2, 0) is 9.47 Å². The third-order valence-corrected chi connectivity index (χ3v) is 3.79. The number of nitrogens with one attached hydrogen (secondary N) is 1. The zero-order valence-electron chi connectivity index (χ0n) is 11.7. The maximum Gasteiger partial charge on any atom is 0.148 e. The van der Waals surface area contributed by atoms with Crippen molar-refractivity contribution in [3.05, 3.63) is 11.8 Å². The molecule has 0 amide bonds. The van der Waals surface area contributed by atoms with Gasteiger partial charge in [0.25, 0.3) is 0 Å². The Labute approximate surface area is 105 Å². The summed E-state index contributed by atoms with van der Waals surface area (Å²) in [5.41, 5.74) is 1.18. The van der Waals surface area contributed by atoms with Gasteiger partial charge in [0.05, 0.1) is 12.4 Å².